The van der Waals surface area contributed by atoms with Crippen molar-refractivity contribution in [3.8, 4) is 0 Å². The molecule has 0 aliphatic rings. The second-order valence-electron chi connectivity index (χ2n) is 3.82. The Bertz CT molecular complexity index is 397. The summed E-state index contributed by atoms with van der Waals surface area (Å²) in [5, 5.41) is 7.34. The Labute approximate surface area is 103 Å². The minimum atomic E-state index is 0.837. The second kappa shape index (κ2) is 6.48. The highest BCUT2D eigenvalue weighted by Crippen LogP contribution is 2.22. The lowest BCUT2D eigenvalue weighted by molar-refractivity contribution is 0.838. The van der Waals surface area contributed by atoms with Crippen LogP contribution in [0.25, 0.3) is 0 Å². The predicted molar refractivity (Wildman–Crippen MR) is 73.8 cm³/mol. The van der Waals surface area contributed by atoms with Crippen LogP contribution in [0.1, 0.15) is 31.7 Å². The van der Waals surface area contributed by atoms with Gasteiger partial charge in [0.2, 0.25) is 0 Å². The lowest BCUT2D eigenvalue weighted by atomic mass is 10.1. The molecule has 0 heterocycles. The number of aliphatic imine (C=N–C) groups is 1. The van der Waals surface area contributed by atoms with Crippen molar-refractivity contribution < 1.29 is 0 Å². The van der Waals surface area contributed by atoms with E-state index in [1.807, 2.05) is 25.1 Å². The first kappa shape index (κ1) is 13.0. The standard InChI is InChI=1S/C13H18N2S/c1-3-4-5-11(9-14)15-13-8-12(16)7-6-10(13)2/h6-9,14,16H,3-5H2,1-2H3/b14-9?,15-11-. The van der Waals surface area contributed by atoms with Crippen molar-refractivity contribution in [1.82, 2.24) is 0 Å². The van der Waals surface area contributed by atoms with E-state index in [1.165, 1.54) is 6.21 Å². The van der Waals surface area contributed by atoms with Gasteiger partial charge in [-0.3, -0.25) is 4.99 Å². The largest absolute Gasteiger partial charge is 0.307 e. The number of hydrogen-bond acceptors (Lipinski definition) is 3. The van der Waals surface area contributed by atoms with Gasteiger partial charge in [0.25, 0.3) is 0 Å². The van der Waals surface area contributed by atoms with Gasteiger partial charge in [0.1, 0.15) is 0 Å². The zero-order valence-electron chi connectivity index (χ0n) is 9.83. The van der Waals surface area contributed by atoms with Crippen LogP contribution in [0, 0.1) is 12.3 Å². The van der Waals surface area contributed by atoms with Crippen molar-refractivity contribution in [2.45, 2.75) is 38.0 Å². The molecule has 0 bridgehead atoms. The highest BCUT2D eigenvalue weighted by molar-refractivity contribution is 7.80. The van der Waals surface area contributed by atoms with E-state index in [1.54, 1.807) is 0 Å². The average molecular weight is 234 g/mol. The smallest absolute Gasteiger partial charge is 0.0673 e. The number of nitrogens with one attached hydrogen (secondary N) is 1. The van der Waals surface area contributed by atoms with Crippen LogP contribution < -0.4 is 0 Å². The first-order valence-corrected chi connectivity index (χ1v) is 5.99. The normalized spacial score (nSPS) is 11.6. The molecule has 0 saturated carbocycles. The number of rotatable bonds is 5. The summed E-state index contributed by atoms with van der Waals surface area (Å²) in [4.78, 5) is 5.41. The third-order valence-electron chi connectivity index (χ3n) is 2.41. The van der Waals surface area contributed by atoms with E-state index < -0.39 is 0 Å². The molecule has 16 heavy (non-hydrogen) atoms. The molecule has 0 saturated heterocycles. The van der Waals surface area contributed by atoms with E-state index in [9.17, 15) is 0 Å². The molecule has 0 amide bonds. The van der Waals surface area contributed by atoms with Crippen LogP contribution in [0.3, 0.4) is 0 Å². The zero-order chi connectivity index (χ0) is 12.0. The van der Waals surface area contributed by atoms with Crippen LogP contribution in [0.15, 0.2) is 28.1 Å². The molecule has 0 aliphatic heterocycles. The lowest BCUT2D eigenvalue weighted by Crippen LogP contribution is -1.98. The van der Waals surface area contributed by atoms with Crippen molar-refractivity contribution in [1.29, 1.82) is 5.41 Å². The monoisotopic (exact) mass is 234 g/mol. The maximum Gasteiger partial charge on any atom is 0.0673 e. The number of thiol groups is 1. The van der Waals surface area contributed by atoms with Gasteiger partial charge in [0.15, 0.2) is 0 Å². The average Bonchev–Trinajstić information content (AvgIpc) is 2.28. The van der Waals surface area contributed by atoms with Gasteiger partial charge in [-0.2, -0.15) is 0 Å². The van der Waals surface area contributed by atoms with E-state index in [4.69, 9.17) is 5.41 Å². The van der Waals surface area contributed by atoms with Crippen LogP contribution in [0.5, 0.6) is 0 Å². The van der Waals surface area contributed by atoms with Crippen molar-refractivity contribution in [3.05, 3.63) is 23.8 Å². The summed E-state index contributed by atoms with van der Waals surface area (Å²) in [5.41, 5.74) is 2.87. The Balaban J connectivity index is 2.93. The molecule has 1 aromatic rings. The summed E-state index contributed by atoms with van der Waals surface area (Å²) in [7, 11) is 0. The minimum absolute atomic E-state index is 0.837. The van der Waals surface area contributed by atoms with Crippen LogP contribution >= 0.6 is 12.6 Å². The van der Waals surface area contributed by atoms with E-state index in [2.05, 4.69) is 24.5 Å². The topological polar surface area (TPSA) is 36.2 Å². The van der Waals surface area contributed by atoms with E-state index in [0.29, 0.717) is 0 Å². The summed E-state index contributed by atoms with van der Waals surface area (Å²) in [6.45, 7) is 4.16. The number of nitrogens with zero attached hydrogens (tertiary/aromatic N) is 1. The minimum Gasteiger partial charge on any atom is -0.307 e. The second-order valence-corrected chi connectivity index (χ2v) is 4.34. The Hall–Kier alpha value is -1.09. The summed E-state index contributed by atoms with van der Waals surface area (Å²) in [6, 6.07) is 5.89. The van der Waals surface area contributed by atoms with Gasteiger partial charge in [-0.15, -0.1) is 12.6 Å². The molecule has 0 atom stereocenters. The molecule has 0 unspecified atom stereocenters. The first-order valence-electron chi connectivity index (χ1n) is 5.55. The molecule has 0 spiro atoms. The van der Waals surface area contributed by atoms with Gasteiger partial charge < -0.3 is 5.41 Å². The van der Waals surface area contributed by atoms with Gasteiger partial charge in [-0.05, 0) is 37.5 Å². The zero-order valence-corrected chi connectivity index (χ0v) is 10.7. The van der Waals surface area contributed by atoms with Gasteiger partial charge in [-0.1, -0.05) is 19.4 Å². The fourth-order valence-electron chi connectivity index (χ4n) is 1.39. The number of hydrogen-bond donors (Lipinski definition) is 2. The Morgan fingerprint density at radius 3 is 2.88 bits per heavy atom. The first-order chi connectivity index (χ1) is 7.67. The molecule has 3 heteroatoms. The Morgan fingerprint density at radius 2 is 2.25 bits per heavy atom. The fraction of sp³-hybridized carbons (Fsp3) is 0.385. The van der Waals surface area contributed by atoms with E-state index in [-0.39, 0.29) is 0 Å². The van der Waals surface area contributed by atoms with Crippen LogP contribution in [0.2, 0.25) is 0 Å². The molecular formula is C13H18N2S. The third-order valence-corrected chi connectivity index (χ3v) is 2.69. The Kier molecular flexibility index (Phi) is 5.26. The predicted octanol–water partition coefficient (Wildman–Crippen LogP) is 4.20. The van der Waals surface area contributed by atoms with Gasteiger partial charge in [-0.25, -0.2) is 0 Å². The summed E-state index contributed by atoms with van der Waals surface area (Å²) >= 11 is 4.30. The summed E-state index contributed by atoms with van der Waals surface area (Å²) < 4.78 is 0. The van der Waals surface area contributed by atoms with Gasteiger partial charge in [0.05, 0.1) is 11.4 Å². The highest BCUT2D eigenvalue weighted by Gasteiger charge is 2.00. The van der Waals surface area contributed by atoms with Crippen LogP contribution in [0.4, 0.5) is 5.69 Å². The van der Waals surface area contributed by atoms with E-state index in [0.717, 1.165) is 41.1 Å². The summed E-state index contributed by atoms with van der Waals surface area (Å²) in [6.07, 6.45) is 4.42. The molecule has 1 aromatic carbocycles. The molecule has 0 aliphatic carbocycles. The SMILES string of the molecule is CCCC/C(C=N)=N/c1cc(S)ccc1C. The van der Waals surface area contributed by atoms with Crippen molar-refractivity contribution in [3.63, 3.8) is 0 Å². The van der Waals surface area contributed by atoms with Gasteiger partial charge in [0, 0.05) is 11.1 Å². The van der Waals surface area contributed by atoms with Crippen LogP contribution in [-0.4, -0.2) is 11.9 Å². The molecular weight excluding hydrogens is 216 g/mol. The Morgan fingerprint density at radius 1 is 1.50 bits per heavy atom. The molecule has 0 radical (unpaired) electrons. The molecule has 86 valence electrons. The fourth-order valence-corrected chi connectivity index (χ4v) is 1.59. The van der Waals surface area contributed by atoms with Crippen molar-refractivity contribution in [2.24, 2.45) is 4.99 Å². The number of benzene rings is 1. The maximum atomic E-state index is 7.34. The third kappa shape index (κ3) is 3.81. The van der Waals surface area contributed by atoms with Crippen molar-refractivity contribution >= 4 is 30.2 Å². The van der Waals surface area contributed by atoms with Crippen molar-refractivity contribution in [2.75, 3.05) is 0 Å². The molecule has 1 N–H and O–H groups in total. The molecule has 1 rings (SSSR count). The van der Waals surface area contributed by atoms with Gasteiger partial charge >= 0.3 is 0 Å². The molecule has 0 aromatic heterocycles. The quantitative estimate of drug-likeness (QED) is 0.566. The molecule has 0 fully saturated rings. The highest BCUT2D eigenvalue weighted by atomic mass is 32.1. The number of unbranched alkanes of at least 4 members (excludes halogenated alkanes) is 1. The number of aryl methyl sites for hydroxylation is 1. The van der Waals surface area contributed by atoms with E-state index >= 15 is 0 Å². The molecule has 2 nitrogen and oxygen atoms in total. The summed E-state index contributed by atoms with van der Waals surface area (Å²) in [5.74, 6) is 0. The lowest BCUT2D eigenvalue weighted by Gasteiger charge is -2.04. The van der Waals surface area contributed by atoms with Crippen LogP contribution in [-0.2, 0) is 0 Å². The maximum absolute atomic E-state index is 7.34.